The molecule has 114 valence electrons. The Morgan fingerprint density at radius 3 is 2.86 bits per heavy atom. The first kappa shape index (κ1) is 14.9. The minimum absolute atomic E-state index is 0.0626. The number of benzene rings is 1. The standard InChI is InChI=1S/C17H24N2OS/c1-2-11-19(13-7-9-18-10-8-13)17(20)15-12-21-16-6-4-3-5-14(15)16/h3-6,13,15,18H,2,7-12H2,1H3. The second-order valence-corrected chi connectivity index (χ2v) is 6.98. The Hall–Kier alpha value is -1.00. The summed E-state index contributed by atoms with van der Waals surface area (Å²) in [6, 6.07) is 8.82. The minimum atomic E-state index is 0.0626. The van der Waals surface area contributed by atoms with Crippen LogP contribution in [-0.4, -0.2) is 42.2 Å². The first-order valence-corrected chi connectivity index (χ1v) is 9.02. The number of nitrogens with zero attached hydrogens (tertiary/aromatic N) is 1. The number of nitrogens with one attached hydrogen (secondary N) is 1. The molecular formula is C17H24N2OS. The lowest BCUT2D eigenvalue weighted by Gasteiger charge is -2.36. The highest BCUT2D eigenvalue weighted by Crippen LogP contribution is 2.40. The van der Waals surface area contributed by atoms with Gasteiger partial charge in [0.25, 0.3) is 0 Å². The summed E-state index contributed by atoms with van der Waals surface area (Å²) in [5, 5.41) is 3.39. The molecule has 1 unspecified atom stereocenters. The molecule has 2 aliphatic rings. The molecule has 0 saturated carbocycles. The number of piperidine rings is 1. The highest BCUT2D eigenvalue weighted by Gasteiger charge is 2.34. The van der Waals surface area contributed by atoms with E-state index in [1.807, 2.05) is 11.8 Å². The Bertz CT molecular complexity index is 499. The van der Waals surface area contributed by atoms with Crippen LogP contribution in [0.25, 0.3) is 0 Å². The maximum absolute atomic E-state index is 13.1. The normalized spacial score (nSPS) is 22.0. The van der Waals surface area contributed by atoms with Gasteiger partial charge in [-0.1, -0.05) is 25.1 Å². The lowest BCUT2D eigenvalue weighted by atomic mass is 9.97. The van der Waals surface area contributed by atoms with Crippen LogP contribution >= 0.6 is 11.8 Å². The van der Waals surface area contributed by atoms with Gasteiger partial charge in [0, 0.05) is 23.2 Å². The van der Waals surface area contributed by atoms with Crippen molar-refractivity contribution in [3.05, 3.63) is 29.8 Å². The van der Waals surface area contributed by atoms with E-state index in [4.69, 9.17) is 0 Å². The average molecular weight is 304 g/mol. The molecule has 2 aliphatic heterocycles. The fraction of sp³-hybridized carbons (Fsp3) is 0.588. The molecule has 1 aromatic carbocycles. The van der Waals surface area contributed by atoms with Crippen molar-refractivity contribution in [1.29, 1.82) is 0 Å². The summed E-state index contributed by atoms with van der Waals surface area (Å²) >= 11 is 1.83. The summed E-state index contributed by atoms with van der Waals surface area (Å²) < 4.78 is 0. The Morgan fingerprint density at radius 2 is 2.10 bits per heavy atom. The van der Waals surface area contributed by atoms with Gasteiger partial charge in [-0.05, 0) is 44.0 Å². The van der Waals surface area contributed by atoms with Crippen molar-refractivity contribution in [2.75, 3.05) is 25.4 Å². The van der Waals surface area contributed by atoms with E-state index < -0.39 is 0 Å². The van der Waals surface area contributed by atoms with Crippen LogP contribution in [0.1, 0.15) is 37.7 Å². The zero-order valence-electron chi connectivity index (χ0n) is 12.7. The number of amides is 1. The lowest BCUT2D eigenvalue weighted by molar-refractivity contribution is -0.135. The number of rotatable bonds is 4. The Balaban J connectivity index is 1.78. The van der Waals surface area contributed by atoms with Gasteiger partial charge in [0.1, 0.15) is 0 Å². The molecular weight excluding hydrogens is 280 g/mol. The molecule has 0 aliphatic carbocycles. The van der Waals surface area contributed by atoms with Gasteiger partial charge >= 0.3 is 0 Å². The predicted octanol–water partition coefficient (Wildman–Crippen LogP) is 2.87. The SMILES string of the molecule is CCCN(C(=O)C1CSc2ccccc21)C1CCNCC1. The average Bonchev–Trinajstić information content (AvgIpc) is 2.97. The Kier molecular flexibility index (Phi) is 4.86. The van der Waals surface area contributed by atoms with Crippen LogP contribution in [0.5, 0.6) is 0 Å². The third-order valence-electron chi connectivity index (χ3n) is 4.50. The first-order valence-electron chi connectivity index (χ1n) is 8.04. The van der Waals surface area contributed by atoms with Crippen molar-refractivity contribution in [3.63, 3.8) is 0 Å². The van der Waals surface area contributed by atoms with E-state index in [1.54, 1.807) is 0 Å². The van der Waals surface area contributed by atoms with E-state index in [2.05, 4.69) is 41.4 Å². The number of carbonyl (C=O) groups excluding carboxylic acids is 1. The molecule has 0 radical (unpaired) electrons. The van der Waals surface area contributed by atoms with Crippen LogP contribution < -0.4 is 5.32 Å². The van der Waals surface area contributed by atoms with Gasteiger partial charge < -0.3 is 10.2 Å². The number of thioether (sulfide) groups is 1. The summed E-state index contributed by atoms with van der Waals surface area (Å²) in [4.78, 5) is 16.6. The highest BCUT2D eigenvalue weighted by molar-refractivity contribution is 7.99. The first-order chi connectivity index (χ1) is 10.3. The van der Waals surface area contributed by atoms with Crippen LogP contribution in [0.3, 0.4) is 0 Å². The number of carbonyl (C=O) groups is 1. The molecule has 1 amide bonds. The van der Waals surface area contributed by atoms with E-state index in [-0.39, 0.29) is 5.92 Å². The van der Waals surface area contributed by atoms with Crippen molar-refractivity contribution in [2.24, 2.45) is 0 Å². The lowest BCUT2D eigenvalue weighted by Crippen LogP contribution is -2.48. The monoisotopic (exact) mass is 304 g/mol. The predicted molar refractivity (Wildman–Crippen MR) is 87.8 cm³/mol. The third kappa shape index (κ3) is 3.11. The third-order valence-corrected chi connectivity index (χ3v) is 5.68. The van der Waals surface area contributed by atoms with Gasteiger partial charge in [-0.15, -0.1) is 11.8 Å². The van der Waals surface area contributed by atoms with Crippen molar-refractivity contribution in [3.8, 4) is 0 Å². The van der Waals surface area contributed by atoms with Gasteiger partial charge in [-0.2, -0.15) is 0 Å². The summed E-state index contributed by atoms with van der Waals surface area (Å²) in [5.74, 6) is 1.32. The van der Waals surface area contributed by atoms with Gasteiger partial charge in [0.2, 0.25) is 5.91 Å². The van der Waals surface area contributed by atoms with Crippen LogP contribution in [-0.2, 0) is 4.79 Å². The molecule has 0 bridgehead atoms. The van der Waals surface area contributed by atoms with Crippen LogP contribution in [0.4, 0.5) is 0 Å². The molecule has 1 atom stereocenters. The molecule has 1 fully saturated rings. The summed E-state index contributed by atoms with van der Waals surface area (Å²) in [6.45, 7) is 5.13. The molecule has 1 aromatic rings. The zero-order valence-corrected chi connectivity index (χ0v) is 13.5. The van der Waals surface area contributed by atoms with E-state index >= 15 is 0 Å². The summed E-state index contributed by atoms with van der Waals surface area (Å²) in [7, 11) is 0. The Morgan fingerprint density at radius 1 is 1.33 bits per heavy atom. The second-order valence-electron chi connectivity index (χ2n) is 5.91. The molecule has 0 spiro atoms. The van der Waals surface area contributed by atoms with Crippen LogP contribution in [0.2, 0.25) is 0 Å². The molecule has 1 saturated heterocycles. The second kappa shape index (κ2) is 6.84. The molecule has 3 rings (SSSR count). The number of hydrogen-bond donors (Lipinski definition) is 1. The fourth-order valence-electron chi connectivity index (χ4n) is 3.40. The molecule has 21 heavy (non-hydrogen) atoms. The fourth-order valence-corrected chi connectivity index (χ4v) is 4.62. The summed E-state index contributed by atoms with van der Waals surface area (Å²) in [6.07, 6.45) is 3.22. The smallest absolute Gasteiger partial charge is 0.231 e. The molecule has 1 N–H and O–H groups in total. The topological polar surface area (TPSA) is 32.3 Å². The van der Waals surface area contributed by atoms with E-state index in [0.717, 1.165) is 44.6 Å². The molecule has 4 heteroatoms. The zero-order chi connectivity index (χ0) is 14.7. The minimum Gasteiger partial charge on any atom is -0.339 e. The molecule has 2 heterocycles. The van der Waals surface area contributed by atoms with Gasteiger partial charge in [-0.3, -0.25) is 4.79 Å². The van der Waals surface area contributed by atoms with Crippen molar-refractivity contribution in [2.45, 2.75) is 43.0 Å². The highest BCUT2D eigenvalue weighted by atomic mass is 32.2. The van der Waals surface area contributed by atoms with Crippen molar-refractivity contribution >= 4 is 17.7 Å². The maximum atomic E-state index is 13.1. The number of fused-ring (bicyclic) bond motifs is 1. The van der Waals surface area contributed by atoms with Gasteiger partial charge in [0.05, 0.1) is 5.92 Å². The van der Waals surface area contributed by atoms with Gasteiger partial charge in [0.15, 0.2) is 0 Å². The van der Waals surface area contributed by atoms with Crippen molar-refractivity contribution in [1.82, 2.24) is 10.2 Å². The van der Waals surface area contributed by atoms with Crippen molar-refractivity contribution < 1.29 is 4.79 Å². The molecule has 3 nitrogen and oxygen atoms in total. The summed E-state index contributed by atoms with van der Waals surface area (Å²) in [5.41, 5.74) is 1.24. The number of hydrogen-bond acceptors (Lipinski definition) is 3. The molecule has 0 aromatic heterocycles. The Labute approximate surface area is 131 Å². The van der Waals surface area contributed by atoms with Crippen LogP contribution in [0.15, 0.2) is 29.2 Å². The largest absolute Gasteiger partial charge is 0.339 e. The van der Waals surface area contributed by atoms with Gasteiger partial charge in [-0.25, -0.2) is 0 Å². The maximum Gasteiger partial charge on any atom is 0.231 e. The quantitative estimate of drug-likeness (QED) is 0.928. The van der Waals surface area contributed by atoms with E-state index in [9.17, 15) is 4.79 Å². The van der Waals surface area contributed by atoms with E-state index in [1.165, 1.54) is 10.5 Å². The van der Waals surface area contributed by atoms with E-state index in [0.29, 0.717) is 11.9 Å². The van der Waals surface area contributed by atoms with Crippen LogP contribution in [0, 0.1) is 0 Å².